The normalized spacial score (nSPS) is 12.5. The standard InChI is InChI=1S/C15H15N3O/c1-17-10-14(11-6-8-18-9-7-11)15(16)12-2-4-13(19)5-3-12/h2-10,19H,16H2,1H3. The summed E-state index contributed by atoms with van der Waals surface area (Å²) in [6, 6.07) is 10.5. The van der Waals surface area contributed by atoms with E-state index in [0.29, 0.717) is 5.70 Å². The van der Waals surface area contributed by atoms with Gasteiger partial charge in [0.2, 0.25) is 0 Å². The summed E-state index contributed by atoms with van der Waals surface area (Å²) in [5.41, 5.74) is 9.42. The van der Waals surface area contributed by atoms with Gasteiger partial charge in [0.05, 0.1) is 0 Å². The van der Waals surface area contributed by atoms with Crippen molar-refractivity contribution in [3.63, 3.8) is 0 Å². The summed E-state index contributed by atoms with van der Waals surface area (Å²) in [7, 11) is 1.70. The molecule has 0 aliphatic carbocycles. The van der Waals surface area contributed by atoms with Crippen LogP contribution in [0.15, 0.2) is 53.8 Å². The van der Waals surface area contributed by atoms with Crippen LogP contribution >= 0.6 is 0 Å². The van der Waals surface area contributed by atoms with E-state index in [2.05, 4.69) is 9.98 Å². The molecule has 0 saturated carbocycles. The maximum absolute atomic E-state index is 9.31. The SMILES string of the molecule is CN=CC(=C(N)c1ccc(O)cc1)c1ccncc1. The molecule has 0 atom stereocenters. The third-order valence-corrected chi connectivity index (χ3v) is 2.72. The lowest BCUT2D eigenvalue weighted by atomic mass is 10.0. The molecule has 4 heteroatoms. The summed E-state index contributed by atoms with van der Waals surface area (Å²) in [6.07, 6.45) is 5.14. The van der Waals surface area contributed by atoms with Crippen molar-refractivity contribution in [2.45, 2.75) is 0 Å². The van der Waals surface area contributed by atoms with Gasteiger partial charge in [-0.3, -0.25) is 9.98 Å². The van der Waals surface area contributed by atoms with Crippen LogP contribution in [0.5, 0.6) is 5.75 Å². The molecule has 4 nitrogen and oxygen atoms in total. The molecule has 2 rings (SSSR count). The van der Waals surface area contributed by atoms with Gasteiger partial charge in [-0.1, -0.05) is 0 Å². The Morgan fingerprint density at radius 1 is 1.11 bits per heavy atom. The molecule has 96 valence electrons. The number of phenolic OH excluding ortho intramolecular Hbond substituents is 1. The highest BCUT2D eigenvalue weighted by molar-refractivity contribution is 6.18. The van der Waals surface area contributed by atoms with Crippen LogP contribution in [-0.2, 0) is 0 Å². The molecule has 0 aliphatic rings. The van der Waals surface area contributed by atoms with Crippen LogP contribution in [0.2, 0.25) is 0 Å². The van der Waals surface area contributed by atoms with Gasteiger partial charge < -0.3 is 10.8 Å². The minimum atomic E-state index is 0.214. The van der Waals surface area contributed by atoms with Crippen LogP contribution in [-0.4, -0.2) is 23.4 Å². The molecule has 0 bridgehead atoms. The average Bonchev–Trinajstić information content (AvgIpc) is 2.46. The lowest BCUT2D eigenvalue weighted by Gasteiger charge is -2.08. The monoisotopic (exact) mass is 253 g/mol. The zero-order chi connectivity index (χ0) is 13.7. The predicted octanol–water partition coefficient (Wildman–Crippen LogP) is 2.31. The van der Waals surface area contributed by atoms with Gasteiger partial charge in [0.1, 0.15) is 5.75 Å². The topological polar surface area (TPSA) is 71.5 Å². The van der Waals surface area contributed by atoms with E-state index in [1.807, 2.05) is 12.1 Å². The molecule has 0 saturated heterocycles. The minimum Gasteiger partial charge on any atom is -0.508 e. The first kappa shape index (κ1) is 12.8. The van der Waals surface area contributed by atoms with Crippen molar-refractivity contribution in [2.75, 3.05) is 7.05 Å². The summed E-state index contributed by atoms with van der Waals surface area (Å²) in [4.78, 5) is 8.03. The molecule has 0 spiro atoms. The van der Waals surface area contributed by atoms with Crippen molar-refractivity contribution >= 4 is 17.5 Å². The first-order chi connectivity index (χ1) is 9.22. The van der Waals surface area contributed by atoms with E-state index >= 15 is 0 Å². The number of aromatic nitrogens is 1. The highest BCUT2D eigenvalue weighted by Gasteiger charge is 2.06. The Morgan fingerprint density at radius 2 is 1.74 bits per heavy atom. The van der Waals surface area contributed by atoms with Crippen LogP contribution in [0.25, 0.3) is 11.3 Å². The second kappa shape index (κ2) is 5.82. The fourth-order valence-corrected chi connectivity index (χ4v) is 1.76. The molecule has 1 aromatic carbocycles. The molecule has 2 aromatic rings. The number of aromatic hydroxyl groups is 1. The molecule has 1 heterocycles. The second-order valence-corrected chi connectivity index (χ2v) is 4.00. The Kier molecular flexibility index (Phi) is 3.93. The fourth-order valence-electron chi connectivity index (χ4n) is 1.76. The molecular weight excluding hydrogens is 238 g/mol. The third kappa shape index (κ3) is 2.98. The number of benzene rings is 1. The number of pyridine rings is 1. The van der Waals surface area contributed by atoms with Crippen molar-refractivity contribution in [3.8, 4) is 5.75 Å². The largest absolute Gasteiger partial charge is 0.508 e. The maximum Gasteiger partial charge on any atom is 0.115 e. The zero-order valence-corrected chi connectivity index (χ0v) is 10.6. The highest BCUT2D eigenvalue weighted by Crippen LogP contribution is 2.22. The second-order valence-electron chi connectivity index (χ2n) is 4.00. The minimum absolute atomic E-state index is 0.214. The van der Waals surface area contributed by atoms with Gasteiger partial charge in [-0.15, -0.1) is 0 Å². The number of phenols is 1. The lowest BCUT2D eigenvalue weighted by molar-refractivity contribution is 0.475. The van der Waals surface area contributed by atoms with Crippen LogP contribution in [0, 0.1) is 0 Å². The molecular formula is C15H15N3O. The number of nitrogens with two attached hydrogens (primary N) is 1. The maximum atomic E-state index is 9.31. The van der Waals surface area contributed by atoms with E-state index in [-0.39, 0.29) is 5.75 Å². The Labute approximate surface area is 112 Å². The van der Waals surface area contributed by atoms with Gasteiger partial charge in [-0.2, -0.15) is 0 Å². The third-order valence-electron chi connectivity index (χ3n) is 2.72. The Bertz CT molecular complexity index is 601. The Morgan fingerprint density at radius 3 is 2.32 bits per heavy atom. The van der Waals surface area contributed by atoms with Gasteiger partial charge in [0, 0.05) is 36.9 Å². The van der Waals surface area contributed by atoms with Crippen molar-refractivity contribution in [1.29, 1.82) is 0 Å². The van der Waals surface area contributed by atoms with Gasteiger partial charge >= 0.3 is 0 Å². The van der Waals surface area contributed by atoms with Gasteiger partial charge in [-0.05, 0) is 47.5 Å². The van der Waals surface area contributed by atoms with E-state index < -0.39 is 0 Å². The lowest BCUT2D eigenvalue weighted by Crippen LogP contribution is -2.02. The molecule has 19 heavy (non-hydrogen) atoms. The number of rotatable bonds is 3. The highest BCUT2D eigenvalue weighted by atomic mass is 16.3. The van der Waals surface area contributed by atoms with Crippen molar-refractivity contribution in [1.82, 2.24) is 4.98 Å². The summed E-state index contributed by atoms with van der Waals surface area (Å²) in [5, 5.41) is 9.31. The zero-order valence-electron chi connectivity index (χ0n) is 10.6. The number of aliphatic imine (C=N–C) groups is 1. The van der Waals surface area contributed by atoms with Crippen molar-refractivity contribution in [3.05, 3.63) is 59.9 Å². The quantitative estimate of drug-likeness (QED) is 0.824. The van der Waals surface area contributed by atoms with Crippen LogP contribution in [0.4, 0.5) is 0 Å². The summed E-state index contributed by atoms with van der Waals surface area (Å²) < 4.78 is 0. The van der Waals surface area contributed by atoms with E-state index in [9.17, 15) is 5.11 Å². The van der Waals surface area contributed by atoms with Crippen LogP contribution in [0.1, 0.15) is 11.1 Å². The van der Waals surface area contributed by atoms with E-state index in [1.165, 1.54) is 0 Å². The van der Waals surface area contributed by atoms with Gasteiger partial charge in [-0.25, -0.2) is 0 Å². The van der Waals surface area contributed by atoms with Crippen molar-refractivity contribution in [2.24, 2.45) is 10.7 Å². The smallest absolute Gasteiger partial charge is 0.115 e. The average molecular weight is 253 g/mol. The number of hydrogen-bond acceptors (Lipinski definition) is 4. The van der Waals surface area contributed by atoms with Gasteiger partial charge in [0.25, 0.3) is 0 Å². The molecule has 0 amide bonds. The Balaban J connectivity index is 2.53. The first-order valence-corrected chi connectivity index (χ1v) is 5.84. The first-order valence-electron chi connectivity index (χ1n) is 5.84. The molecule has 1 aromatic heterocycles. The predicted molar refractivity (Wildman–Crippen MR) is 77.8 cm³/mol. The molecule has 0 aliphatic heterocycles. The molecule has 0 unspecified atom stereocenters. The summed E-state index contributed by atoms with van der Waals surface area (Å²) >= 11 is 0. The number of nitrogens with zero attached hydrogens (tertiary/aromatic N) is 2. The van der Waals surface area contributed by atoms with E-state index in [0.717, 1.165) is 16.7 Å². The molecule has 3 N–H and O–H groups in total. The number of allylic oxidation sites excluding steroid dienone is 1. The van der Waals surface area contributed by atoms with Crippen LogP contribution < -0.4 is 5.73 Å². The molecule has 0 radical (unpaired) electrons. The van der Waals surface area contributed by atoms with E-state index in [4.69, 9.17) is 5.73 Å². The Hall–Kier alpha value is -2.62. The number of hydrogen-bond donors (Lipinski definition) is 2. The van der Waals surface area contributed by atoms with E-state index in [1.54, 1.807) is 49.9 Å². The molecule has 0 fully saturated rings. The van der Waals surface area contributed by atoms with Gasteiger partial charge in [0.15, 0.2) is 0 Å². The van der Waals surface area contributed by atoms with Crippen molar-refractivity contribution < 1.29 is 5.11 Å². The fraction of sp³-hybridized carbons (Fsp3) is 0.0667. The summed E-state index contributed by atoms with van der Waals surface area (Å²) in [6.45, 7) is 0. The summed E-state index contributed by atoms with van der Waals surface area (Å²) in [5.74, 6) is 0.214. The van der Waals surface area contributed by atoms with Crippen LogP contribution in [0.3, 0.4) is 0 Å².